The Kier molecular flexibility index (Phi) is 5.44. The highest BCUT2D eigenvalue weighted by molar-refractivity contribution is 5.76. The van der Waals surface area contributed by atoms with Gasteiger partial charge in [-0.25, -0.2) is 0 Å². The maximum absolute atomic E-state index is 11.8. The van der Waals surface area contributed by atoms with Crippen molar-refractivity contribution in [1.29, 1.82) is 0 Å². The summed E-state index contributed by atoms with van der Waals surface area (Å²) in [4.78, 5) is 11.8. The van der Waals surface area contributed by atoms with Gasteiger partial charge >= 0.3 is 0 Å². The fourth-order valence-electron chi connectivity index (χ4n) is 2.75. The summed E-state index contributed by atoms with van der Waals surface area (Å²) in [7, 11) is 0. The number of benzene rings is 1. The first-order valence-corrected chi connectivity index (χ1v) is 7.56. The molecule has 0 spiro atoms. The average Bonchev–Trinajstić information content (AvgIpc) is 2.45. The smallest absolute Gasteiger partial charge is 0.220 e. The van der Waals surface area contributed by atoms with Gasteiger partial charge in [0.25, 0.3) is 0 Å². The predicted molar refractivity (Wildman–Crippen MR) is 79.1 cm³/mol. The molecular weight excluding hydrogens is 234 g/mol. The van der Waals surface area contributed by atoms with E-state index >= 15 is 0 Å². The van der Waals surface area contributed by atoms with Gasteiger partial charge in [0, 0.05) is 13.0 Å². The van der Waals surface area contributed by atoms with Crippen molar-refractivity contribution in [3.8, 4) is 0 Å². The molecule has 1 aliphatic carbocycles. The van der Waals surface area contributed by atoms with Crippen molar-refractivity contribution < 1.29 is 4.79 Å². The van der Waals surface area contributed by atoms with Gasteiger partial charge in [0.05, 0.1) is 0 Å². The summed E-state index contributed by atoms with van der Waals surface area (Å²) in [6.45, 7) is 2.97. The molecule has 1 saturated carbocycles. The quantitative estimate of drug-likeness (QED) is 0.859. The minimum Gasteiger partial charge on any atom is -0.356 e. The molecule has 2 heteroatoms. The van der Waals surface area contributed by atoms with Crippen LogP contribution in [-0.4, -0.2) is 12.5 Å². The summed E-state index contributed by atoms with van der Waals surface area (Å²) in [6, 6.07) is 8.44. The molecule has 0 radical (unpaired) electrons. The predicted octanol–water partition coefficient (Wildman–Crippen LogP) is 3.62. The molecule has 1 aromatic carbocycles. The second kappa shape index (κ2) is 7.32. The third kappa shape index (κ3) is 5.06. The molecule has 0 aromatic heterocycles. The van der Waals surface area contributed by atoms with Gasteiger partial charge < -0.3 is 5.32 Å². The molecule has 0 unspecified atom stereocenters. The summed E-state index contributed by atoms with van der Waals surface area (Å²) < 4.78 is 0. The van der Waals surface area contributed by atoms with Crippen LogP contribution in [0.4, 0.5) is 0 Å². The highest BCUT2D eigenvalue weighted by atomic mass is 16.1. The first-order chi connectivity index (χ1) is 9.24. The first kappa shape index (κ1) is 14.1. The Morgan fingerprint density at radius 3 is 2.53 bits per heavy atom. The van der Waals surface area contributed by atoms with Gasteiger partial charge in [0.2, 0.25) is 5.91 Å². The van der Waals surface area contributed by atoms with Gasteiger partial charge in [-0.15, -0.1) is 0 Å². The SMILES string of the molecule is Cc1ccc(CCC(=O)NCC2CCCCC2)cc1. The van der Waals surface area contributed by atoms with E-state index in [2.05, 4.69) is 36.5 Å². The van der Waals surface area contributed by atoms with Crippen LogP contribution in [0.2, 0.25) is 0 Å². The molecule has 2 nitrogen and oxygen atoms in total. The largest absolute Gasteiger partial charge is 0.356 e. The normalized spacial score (nSPS) is 16.3. The number of hydrogen-bond acceptors (Lipinski definition) is 1. The van der Waals surface area contributed by atoms with Crippen LogP contribution >= 0.6 is 0 Å². The molecule has 1 aliphatic rings. The lowest BCUT2D eigenvalue weighted by atomic mass is 9.89. The summed E-state index contributed by atoms with van der Waals surface area (Å²) >= 11 is 0. The molecule has 2 rings (SSSR count). The minimum absolute atomic E-state index is 0.200. The Morgan fingerprint density at radius 2 is 1.84 bits per heavy atom. The number of amides is 1. The van der Waals surface area contributed by atoms with Gasteiger partial charge in [-0.2, -0.15) is 0 Å². The summed E-state index contributed by atoms with van der Waals surface area (Å²) in [5.41, 5.74) is 2.52. The van der Waals surface area contributed by atoms with E-state index in [-0.39, 0.29) is 5.91 Å². The highest BCUT2D eigenvalue weighted by Gasteiger charge is 2.14. The Morgan fingerprint density at radius 1 is 1.16 bits per heavy atom. The Balaban J connectivity index is 1.65. The third-order valence-electron chi connectivity index (χ3n) is 4.07. The number of rotatable bonds is 5. The number of carbonyl (C=O) groups excluding carboxylic acids is 1. The van der Waals surface area contributed by atoms with Crippen LogP contribution in [-0.2, 0) is 11.2 Å². The van der Waals surface area contributed by atoms with Crippen molar-refractivity contribution in [2.75, 3.05) is 6.54 Å². The molecule has 0 aliphatic heterocycles. The van der Waals surface area contributed by atoms with E-state index in [9.17, 15) is 4.79 Å². The van der Waals surface area contributed by atoms with E-state index in [0.29, 0.717) is 6.42 Å². The number of carbonyl (C=O) groups is 1. The molecule has 1 aromatic rings. The minimum atomic E-state index is 0.200. The summed E-state index contributed by atoms with van der Waals surface area (Å²) in [5, 5.41) is 3.10. The molecule has 1 N–H and O–H groups in total. The number of hydrogen-bond donors (Lipinski definition) is 1. The summed E-state index contributed by atoms with van der Waals surface area (Å²) in [6.07, 6.45) is 8.08. The van der Waals surface area contributed by atoms with Crippen LogP contribution in [0.1, 0.15) is 49.7 Å². The second-order valence-corrected chi connectivity index (χ2v) is 5.79. The molecule has 0 bridgehead atoms. The van der Waals surface area contributed by atoms with E-state index in [1.165, 1.54) is 43.2 Å². The standard InChI is InChI=1S/C17H25NO/c1-14-7-9-15(10-8-14)11-12-17(19)18-13-16-5-3-2-4-6-16/h7-10,16H,2-6,11-13H2,1H3,(H,18,19). The van der Waals surface area contributed by atoms with Gasteiger partial charge in [-0.05, 0) is 37.7 Å². The Hall–Kier alpha value is -1.31. The fraction of sp³-hybridized carbons (Fsp3) is 0.588. The molecular formula is C17H25NO. The Labute approximate surface area is 116 Å². The second-order valence-electron chi connectivity index (χ2n) is 5.79. The lowest BCUT2D eigenvalue weighted by Gasteiger charge is -2.21. The zero-order chi connectivity index (χ0) is 13.5. The van der Waals surface area contributed by atoms with Crippen LogP contribution in [0.3, 0.4) is 0 Å². The maximum Gasteiger partial charge on any atom is 0.220 e. The summed E-state index contributed by atoms with van der Waals surface area (Å²) in [5.74, 6) is 0.920. The van der Waals surface area contributed by atoms with E-state index < -0.39 is 0 Å². The molecule has 19 heavy (non-hydrogen) atoms. The van der Waals surface area contributed by atoms with Crippen LogP contribution in [0.25, 0.3) is 0 Å². The third-order valence-corrected chi connectivity index (χ3v) is 4.07. The van der Waals surface area contributed by atoms with Crippen molar-refractivity contribution in [3.05, 3.63) is 35.4 Å². The van der Waals surface area contributed by atoms with E-state index in [1.54, 1.807) is 0 Å². The maximum atomic E-state index is 11.8. The number of aryl methyl sites for hydroxylation is 2. The van der Waals surface area contributed by atoms with E-state index in [0.717, 1.165) is 18.9 Å². The van der Waals surface area contributed by atoms with Crippen LogP contribution < -0.4 is 5.32 Å². The average molecular weight is 259 g/mol. The molecule has 104 valence electrons. The topological polar surface area (TPSA) is 29.1 Å². The molecule has 0 heterocycles. The zero-order valence-corrected chi connectivity index (χ0v) is 12.0. The zero-order valence-electron chi connectivity index (χ0n) is 12.0. The Bertz CT molecular complexity index is 390. The van der Waals surface area contributed by atoms with Gasteiger partial charge in [-0.3, -0.25) is 4.79 Å². The highest BCUT2D eigenvalue weighted by Crippen LogP contribution is 2.22. The molecule has 1 fully saturated rings. The van der Waals surface area contributed by atoms with Crippen LogP contribution in [0.5, 0.6) is 0 Å². The first-order valence-electron chi connectivity index (χ1n) is 7.56. The van der Waals surface area contributed by atoms with Gasteiger partial charge in [0.15, 0.2) is 0 Å². The van der Waals surface area contributed by atoms with E-state index in [4.69, 9.17) is 0 Å². The van der Waals surface area contributed by atoms with Gasteiger partial charge in [0.1, 0.15) is 0 Å². The lowest BCUT2D eigenvalue weighted by molar-refractivity contribution is -0.121. The molecule has 0 atom stereocenters. The van der Waals surface area contributed by atoms with Crippen molar-refractivity contribution in [2.24, 2.45) is 5.92 Å². The van der Waals surface area contributed by atoms with Crippen molar-refractivity contribution >= 4 is 5.91 Å². The van der Waals surface area contributed by atoms with Crippen LogP contribution in [0, 0.1) is 12.8 Å². The fourth-order valence-corrected chi connectivity index (χ4v) is 2.75. The van der Waals surface area contributed by atoms with E-state index in [1.807, 2.05) is 0 Å². The van der Waals surface area contributed by atoms with Crippen molar-refractivity contribution in [3.63, 3.8) is 0 Å². The van der Waals surface area contributed by atoms with Crippen molar-refractivity contribution in [1.82, 2.24) is 5.32 Å². The lowest BCUT2D eigenvalue weighted by Crippen LogP contribution is -2.30. The molecule has 0 saturated heterocycles. The monoisotopic (exact) mass is 259 g/mol. The number of nitrogens with one attached hydrogen (secondary N) is 1. The van der Waals surface area contributed by atoms with Crippen LogP contribution in [0.15, 0.2) is 24.3 Å². The molecule has 1 amide bonds. The van der Waals surface area contributed by atoms with Gasteiger partial charge in [-0.1, -0.05) is 49.1 Å². The van der Waals surface area contributed by atoms with Crippen molar-refractivity contribution in [2.45, 2.75) is 51.9 Å².